The standard InChI is InChI=1S/C19H25N5O3/c1-11(25)18-22-15-10-21-17-14(8-9-20-17)16(15)24(18)12-4-6-13(7-5-12)27-19(26)23(2)3/h8-13,25H,4-7H2,1-3H3,(H,20,21). The molecular weight excluding hydrogens is 346 g/mol. The highest BCUT2D eigenvalue weighted by atomic mass is 16.6. The van der Waals surface area contributed by atoms with E-state index in [2.05, 4.69) is 19.5 Å². The molecular formula is C19H25N5O3. The number of nitrogens with zero attached hydrogens (tertiary/aromatic N) is 4. The first-order chi connectivity index (χ1) is 13.0. The third-order valence-electron chi connectivity index (χ3n) is 5.28. The maximum Gasteiger partial charge on any atom is 0.409 e. The number of H-pyrrole nitrogens is 1. The number of aromatic amines is 1. The maximum absolute atomic E-state index is 11.8. The van der Waals surface area contributed by atoms with Crippen LogP contribution in [0.2, 0.25) is 0 Å². The van der Waals surface area contributed by atoms with Crippen molar-refractivity contribution in [2.45, 2.75) is 50.9 Å². The number of aliphatic hydroxyl groups excluding tert-OH is 1. The summed E-state index contributed by atoms with van der Waals surface area (Å²) in [5.74, 6) is 0.661. The summed E-state index contributed by atoms with van der Waals surface area (Å²) in [5.41, 5.74) is 2.61. The van der Waals surface area contributed by atoms with Crippen molar-refractivity contribution in [1.29, 1.82) is 0 Å². The Bertz CT molecular complexity index is 966. The Morgan fingerprint density at radius 2 is 2.11 bits per heavy atom. The number of aromatic nitrogens is 4. The van der Waals surface area contributed by atoms with Gasteiger partial charge in [0, 0.05) is 31.7 Å². The normalized spacial score (nSPS) is 21.5. The number of carbonyl (C=O) groups excluding carboxylic acids is 1. The van der Waals surface area contributed by atoms with E-state index in [0.29, 0.717) is 5.82 Å². The quantitative estimate of drug-likeness (QED) is 0.737. The Hall–Kier alpha value is -2.61. The number of carbonyl (C=O) groups is 1. The Morgan fingerprint density at radius 3 is 2.78 bits per heavy atom. The summed E-state index contributed by atoms with van der Waals surface area (Å²) >= 11 is 0. The van der Waals surface area contributed by atoms with Gasteiger partial charge in [0.2, 0.25) is 0 Å². The second kappa shape index (κ2) is 6.84. The summed E-state index contributed by atoms with van der Waals surface area (Å²) < 4.78 is 7.71. The average Bonchev–Trinajstić information content (AvgIpc) is 3.26. The van der Waals surface area contributed by atoms with Crippen LogP contribution in [0.5, 0.6) is 0 Å². The van der Waals surface area contributed by atoms with Crippen LogP contribution in [0, 0.1) is 0 Å². The molecule has 144 valence electrons. The fraction of sp³-hybridized carbons (Fsp3) is 0.526. The van der Waals surface area contributed by atoms with E-state index in [0.717, 1.165) is 47.8 Å². The summed E-state index contributed by atoms with van der Waals surface area (Å²) in [6, 6.07) is 2.20. The molecule has 0 spiro atoms. The van der Waals surface area contributed by atoms with Crippen LogP contribution in [0.15, 0.2) is 18.5 Å². The van der Waals surface area contributed by atoms with Crippen molar-refractivity contribution in [2.75, 3.05) is 14.1 Å². The van der Waals surface area contributed by atoms with Gasteiger partial charge < -0.3 is 24.3 Å². The summed E-state index contributed by atoms with van der Waals surface area (Å²) in [6.07, 6.45) is 5.92. The van der Waals surface area contributed by atoms with E-state index in [1.165, 1.54) is 4.90 Å². The number of pyridine rings is 1. The number of hydrogen-bond donors (Lipinski definition) is 2. The lowest BCUT2D eigenvalue weighted by atomic mass is 9.92. The molecule has 4 rings (SSSR count). The third-order valence-corrected chi connectivity index (χ3v) is 5.28. The number of imidazole rings is 1. The molecule has 0 radical (unpaired) electrons. The van der Waals surface area contributed by atoms with Gasteiger partial charge in [0.15, 0.2) is 0 Å². The molecule has 1 fully saturated rings. The summed E-state index contributed by atoms with van der Waals surface area (Å²) in [4.78, 5) is 25.5. The van der Waals surface area contributed by atoms with Crippen molar-refractivity contribution >= 4 is 28.2 Å². The van der Waals surface area contributed by atoms with Gasteiger partial charge in [-0.3, -0.25) is 0 Å². The molecule has 0 bridgehead atoms. The SMILES string of the molecule is CC(O)c1nc2cnc3[nH]ccc3c2n1C1CCC(OC(=O)N(C)C)CC1. The topological polar surface area (TPSA) is 96.3 Å². The van der Waals surface area contributed by atoms with E-state index in [4.69, 9.17) is 4.74 Å². The first-order valence-corrected chi connectivity index (χ1v) is 9.35. The number of amides is 1. The molecule has 27 heavy (non-hydrogen) atoms. The lowest BCUT2D eigenvalue weighted by Gasteiger charge is -2.31. The number of aliphatic hydroxyl groups is 1. The van der Waals surface area contributed by atoms with Crippen LogP contribution in [0.4, 0.5) is 4.79 Å². The van der Waals surface area contributed by atoms with Crippen LogP contribution in [-0.2, 0) is 4.74 Å². The van der Waals surface area contributed by atoms with E-state index < -0.39 is 6.10 Å². The monoisotopic (exact) mass is 371 g/mol. The molecule has 3 aromatic rings. The number of hydrogen-bond acceptors (Lipinski definition) is 5. The van der Waals surface area contributed by atoms with Crippen molar-refractivity contribution in [3.63, 3.8) is 0 Å². The Kier molecular flexibility index (Phi) is 4.51. The van der Waals surface area contributed by atoms with Crippen molar-refractivity contribution in [1.82, 2.24) is 24.4 Å². The van der Waals surface area contributed by atoms with E-state index in [1.54, 1.807) is 27.2 Å². The zero-order valence-electron chi connectivity index (χ0n) is 15.8. The highest BCUT2D eigenvalue weighted by molar-refractivity contribution is 6.01. The minimum atomic E-state index is -0.671. The van der Waals surface area contributed by atoms with Crippen LogP contribution in [0.1, 0.15) is 50.6 Å². The van der Waals surface area contributed by atoms with Crippen LogP contribution >= 0.6 is 0 Å². The van der Waals surface area contributed by atoms with E-state index in [1.807, 2.05) is 12.3 Å². The van der Waals surface area contributed by atoms with Crippen molar-refractivity contribution in [3.05, 3.63) is 24.3 Å². The van der Waals surface area contributed by atoms with Crippen molar-refractivity contribution < 1.29 is 14.6 Å². The van der Waals surface area contributed by atoms with Crippen molar-refractivity contribution in [2.24, 2.45) is 0 Å². The highest BCUT2D eigenvalue weighted by Gasteiger charge is 2.29. The Morgan fingerprint density at radius 1 is 1.37 bits per heavy atom. The molecule has 1 saturated carbocycles. The minimum Gasteiger partial charge on any atom is -0.446 e. The zero-order valence-corrected chi connectivity index (χ0v) is 15.8. The number of fused-ring (bicyclic) bond motifs is 3. The first-order valence-electron chi connectivity index (χ1n) is 9.35. The highest BCUT2D eigenvalue weighted by Crippen LogP contribution is 2.37. The third kappa shape index (κ3) is 3.14. The molecule has 0 saturated heterocycles. The second-order valence-electron chi connectivity index (χ2n) is 7.46. The number of rotatable bonds is 3. The summed E-state index contributed by atoms with van der Waals surface area (Å²) in [6.45, 7) is 1.74. The molecule has 0 aliphatic heterocycles. The summed E-state index contributed by atoms with van der Waals surface area (Å²) in [7, 11) is 3.38. The number of nitrogens with one attached hydrogen (secondary N) is 1. The second-order valence-corrected chi connectivity index (χ2v) is 7.46. The van der Waals surface area contributed by atoms with Crippen LogP contribution < -0.4 is 0 Å². The molecule has 1 atom stereocenters. The largest absolute Gasteiger partial charge is 0.446 e. The van der Waals surface area contributed by atoms with Crippen LogP contribution in [0.25, 0.3) is 22.1 Å². The first kappa shape index (κ1) is 17.8. The maximum atomic E-state index is 11.8. The molecule has 8 nitrogen and oxygen atoms in total. The van der Waals surface area contributed by atoms with Gasteiger partial charge in [0.1, 0.15) is 29.2 Å². The molecule has 1 amide bonds. The van der Waals surface area contributed by atoms with Gasteiger partial charge in [-0.15, -0.1) is 0 Å². The smallest absolute Gasteiger partial charge is 0.409 e. The van der Waals surface area contributed by atoms with Crippen molar-refractivity contribution in [3.8, 4) is 0 Å². The van der Waals surface area contributed by atoms with Crippen LogP contribution in [0.3, 0.4) is 0 Å². The Balaban J connectivity index is 1.66. The molecule has 1 aliphatic carbocycles. The predicted octanol–water partition coefficient (Wildman–Crippen LogP) is 3.15. The minimum absolute atomic E-state index is 0.0603. The summed E-state index contributed by atoms with van der Waals surface area (Å²) in [5, 5.41) is 11.3. The molecule has 0 aromatic carbocycles. The lowest BCUT2D eigenvalue weighted by molar-refractivity contribution is 0.0473. The van der Waals surface area contributed by atoms with E-state index in [9.17, 15) is 9.90 Å². The van der Waals surface area contributed by atoms with E-state index in [-0.39, 0.29) is 18.2 Å². The fourth-order valence-electron chi connectivity index (χ4n) is 3.94. The van der Waals surface area contributed by atoms with Gasteiger partial charge in [-0.1, -0.05) is 0 Å². The van der Waals surface area contributed by atoms with Gasteiger partial charge in [0.05, 0.1) is 11.7 Å². The lowest BCUT2D eigenvalue weighted by Crippen LogP contribution is -2.31. The van der Waals surface area contributed by atoms with Gasteiger partial charge in [0.25, 0.3) is 0 Å². The van der Waals surface area contributed by atoms with Gasteiger partial charge >= 0.3 is 6.09 Å². The van der Waals surface area contributed by atoms with Gasteiger partial charge in [-0.2, -0.15) is 0 Å². The van der Waals surface area contributed by atoms with Gasteiger partial charge in [-0.25, -0.2) is 14.8 Å². The Labute approximate surface area is 157 Å². The molecule has 1 aliphatic rings. The number of ether oxygens (including phenoxy) is 1. The molecule has 8 heteroatoms. The average molecular weight is 371 g/mol. The molecule has 2 N–H and O–H groups in total. The fourth-order valence-corrected chi connectivity index (χ4v) is 3.94. The molecule has 1 unspecified atom stereocenters. The molecule has 3 heterocycles. The van der Waals surface area contributed by atoms with E-state index >= 15 is 0 Å². The molecule has 3 aromatic heterocycles. The van der Waals surface area contributed by atoms with Gasteiger partial charge in [-0.05, 0) is 38.7 Å². The zero-order chi connectivity index (χ0) is 19.1. The van der Waals surface area contributed by atoms with Crippen LogP contribution in [-0.4, -0.2) is 55.8 Å². The predicted molar refractivity (Wildman–Crippen MR) is 101 cm³/mol.